The maximum absolute atomic E-state index is 12.0. The van der Waals surface area contributed by atoms with E-state index in [1.165, 1.54) is 18.3 Å². The Morgan fingerprint density at radius 2 is 2.05 bits per heavy atom. The molecule has 1 atom stereocenters. The lowest BCUT2D eigenvalue weighted by Gasteiger charge is -2.23. The van der Waals surface area contributed by atoms with Crippen LogP contribution in [0.5, 0.6) is 0 Å². The van der Waals surface area contributed by atoms with E-state index in [9.17, 15) is 9.59 Å². The first-order valence-corrected chi connectivity index (χ1v) is 6.70. The maximum atomic E-state index is 12.0. The minimum absolute atomic E-state index is 0.0103. The SMILES string of the molecule is CCN(CC)CC(C)NC(=O)c1ccnc(C(=O)O)c1. The van der Waals surface area contributed by atoms with E-state index in [0.29, 0.717) is 5.56 Å². The molecule has 6 heteroatoms. The molecule has 1 aromatic rings. The molecule has 0 aromatic carbocycles. The van der Waals surface area contributed by atoms with Gasteiger partial charge in [0, 0.05) is 24.3 Å². The van der Waals surface area contributed by atoms with Crippen LogP contribution in [-0.2, 0) is 0 Å². The number of aromatic nitrogens is 1. The van der Waals surface area contributed by atoms with Crippen molar-refractivity contribution in [3.63, 3.8) is 0 Å². The smallest absolute Gasteiger partial charge is 0.354 e. The van der Waals surface area contributed by atoms with Gasteiger partial charge in [0.05, 0.1) is 0 Å². The van der Waals surface area contributed by atoms with Gasteiger partial charge in [-0.3, -0.25) is 4.79 Å². The van der Waals surface area contributed by atoms with E-state index < -0.39 is 5.97 Å². The Morgan fingerprint density at radius 1 is 1.40 bits per heavy atom. The molecule has 1 rings (SSSR count). The van der Waals surface area contributed by atoms with Gasteiger partial charge in [-0.2, -0.15) is 0 Å². The minimum atomic E-state index is -1.14. The molecule has 1 heterocycles. The number of carboxylic acid groups (broad SMARTS) is 1. The van der Waals surface area contributed by atoms with Gasteiger partial charge in [0.1, 0.15) is 5.69 Å². The molecule has 0 saturated heterocycles. The number of rotatable bonds is 7. The van der Waals surface area contributed by atoms with E-state index >= 15 is 0 Å². The highest BCUT2D eigenvalue weighted by Gasteiger charge is 2.14. The Labute approximate surface area is 118 Å². The van der Waals surface area contributed by atoms with Gasteiger partial charge in [-0.25, -0.2) is 9.78 Å². The van der Waals surface area contributed by atoms with Crippen molar-refractivity contribution in [2.45, 2.75) is 26.8 Å². The van der Waals surface area contributed by atoms with Crippen LogP contribution in [0, 0.1) is 0 Å². The summed E-state index contributed by atoms with van der Waals surface area (Å²) < 4.78 is 0. The fraction of sp³-hybridized carbons (Fsp3) is 0.500. The fourth-order valence-electron chi connectivity index (χ4n) is 1.91. The monoisotopic (exact) mass is 279 g/mol. The highest BCUT2D eigenvalue weighted by Crippen LogP contribution is 2.03. The third kappa shape index (κ3) is 4.62. The molecule has 0 saturated carbocycles. The number of hydrogen-bond acceptors (Lipinski definition) is 4. The number of amides is 1. The standard InChI is InChI=1S/C14H21N3O3/c1-4-17(5-2)9-10(3)16-13(18)11-6-7-15-12(8-11)14(19)20/h6-8,10H,4-5,9H2,1-3H3,(H,16,18)(H,19,20). The van der Waals surface area contributed by atoms with Gasteiger partial charge in [0.25, 0.3) is 5.91 Å². The van der Waals surface area contributed by atoms with Crippen molar-refractivity contribution >= 4 is 11.9 Å². The van der Waals surface area contributed by atoms with Crippen LogP contribution in [0.1, 0.15) is 41.6 Å². The molecule has 1 amide bonds. The van der Waals surface area contributed by atoms with Crippen molar-refractivity contribution in [2.24, 2.45) is 0 Å². The van der Waals surface area contributed by atoms with Gasteiger partial charge in [0.15, 0.2) is 0 Å². The molecule has 0 radical (unpaired) electrons. The molecular formula is C14H21N3O3. The number of likely N-dealkylation sites (N-methyl/N-ethyl adjacent to an activating group) is 1. The van der Waals surface area contributed by atoms with Crippen LogP contribution >= 0.6 is 0 Å². The molecule has 6 nitrogen and oxygen atoms in total. The highest BCUT2D eigenvalue weighted by molar-refractivity contribution is 5.96. The minimum Gasteiger partial charge on any atom is -0.477 e. The zero-order valence-corrected chi connectivity index (χ0v) is 12.1. The van der Waals surface area contributed by atoms with Crippen LogP contribution in [0.4, 0.5) is 0 Å². The number of carbonyl (C=O) groups is 2. The van der Waals surface area contributed by atoms with E-state index in [1.54, 1.807) is 0 Å². The summed E-state index contributed by atoms with van der Waals surface area (Å²) in [7, 11) is 0. The molecular weight excluding hydrogens is 258 g/mol. The van der Waals surface area contributed by atoms with Crippen LogP contribution in [-0.4, -0.2) is 52.5 Å². The average Bonchev–Trinajstić information content (AvgIpc) is 2.44. The first-order chi connectivity index (χ1) is 9.47. The van der Waals surface area contributed by atoms with Crippen molar-refractivity contribution in [3.05, 3.63) is 29.6 Å². The maximum Gasteiger partial charge on any atom is 0.354 e. The molecule has 0 bridgehead atoms. The van der Waals surface area contributed by atoms with Crippen molar-refractivity contribution in [3.8, 4) is 0 Å². The van der Waals surface area contributed by atoms with Crippen LogP contribution in [0.25, 0.3) is 0 Å². The van der Waals surface area contributed by atoms with E-state index in [4.69, 9.17) is 5.11 Å². The van der Waals surface area contributed by atoms with Crippen molar-refractivity contribution in [2.75, 3.05) is 19.6 Å². The Balaban J connectivity index is 2.66. The summed E-state index contributed by atoms with van der Waals surface area (Å²) in [6.45, 7) is 8.68. The third-order valence-electron chi connectivity index (χ3n) is 3.05. The van der Waals surface area contributed by atoms with Gasteiger partial charge in [-0.1, -0.05) is 13.8 Å². The quantitative estimate of drug-likeness (QED) is 0.784. The first-order valence-electron chi connectivity index (χ1n) is 6.70. The number of carboxylic acids is 1. The summed E-state index contributed by atoms with van der Waals surface area (Å²) >= 11 is 0. The van der Waals surface area contributed by atoms with Gasteiger partial charge in [-0.05, 0) is 32.1 Å². The predicted octanol–water partition coefficient (Wildman–Crippen LogP) is 1.24. The average molecular weight is 279 g/mol. The molecule has 0 aliphatic rings. The van der Waals surface area contributed by atoms with E-state index in [-0.39, 0.29) is 17.6 Å². The van der Waals surface area contributed by atoms with Gasteiger partial charge in [-0.15, -0.1) is 0 Å². The molecule has 0 aliphatic heterocycles. The Hall–Kier alpha value is -1.95. The van der Waals surface area contributed by atoms with Crippen LogP contribution in [0.3, 0.4) is 0 Å². The number of carbonyl (C=O) groups excluding carboxylic acids is 1. The Bertz CT molecular complexity index is 472. The number of aromatic carboxylic acids is 1. The van der Waals surface area contributed by atoms with Crippen LogP contribution in [0.2, 0.25) is 0 Å². The van der Waals surface area contributed by atoms with Crippen molar-refractivity contribution in [1.29, 1.82) is 0 Å². The van der Waals surface area contributed by atoms with E-state index in [1.807, 2.05) is 6.92 Å². The lowest BCUT2D eigenvalue weighted by Crippen LogP contribution is -2.42. The summed E-state index contributed by atoms with van der Waals surface area (Å²) in [5, 5.41) is 11.7. The second-order valence-electron chi connectivity index (χ2n) is 4.60. The molecule has 20 heavy (non-hydrogen) atoms. The van der Waals surface area contributed by atoms with Gasteiger partial charge < -0.3 is 15.3 Å². The van der Waals surface area contributed by atoms with Crippen molar-refractivity contribution < 1.29 is 14.7 Å². The Morgan fingerprint density at radius 3 is 2.60 bits per heavy atom. The molecule has 0 fully saturated rings. The van der Waals surface area contributed by atoms with Gasteiger partial charge in [0.2, 0.25) is 0 Å². The molecule has 2 N–H and O–H groups in total. The number of pyridine rings is 1. The summed E-state index contributed by atoms with van der Waals surface area (Å²) in [6, 6.07) is 2.78. The van der Waals surface area contributed by atoms with Crippen LogP contribution < -0.4 is 5.32 Å². The second-order valence-corrected chi connectivity index (χ2v) is 4.60. The van der Waals surface area contributed by atoms with Crippen LogP contribution in [0.15, 0.2) is 18.3 Å². The first kappa shape index (κ1) is 16.1. The normalized spacial score (nSPS) is 12.2. The number of nitrogens with one attached hydrogen (secondary N) is 1. The molecule has 0 aliphatic carbocycles. The predicted molar refractivity (Wildman–Crippen MR) is 75.9 cm³/mol. The van der Waals surface area contributed by atoms with E-state index in [0.717, 1.165) is 19.6 Å². The summed E-state index contributed by atoms with van der Waals surface area (Å²) in [6.07, 6.45) is 1.33. The summed E-state index contributed by atoms with van der Waals surface area (Å²) in [5.41, 5.74) is 0.179. The van der Waals surface area contributed by atoms with Crippen molar-refractivity contribution in [1.82, 2.24) is 15.2 Å². The number of nitrogens with zero attached hydrogens (tertiary/aromatic N) is 2. The fourth-order valence-corrected chi connectivity index (χ4v) is 1.91. The second kappa shape index (κ2) is 7.59. The van der Waals surface area contributed by atoms with Gasteiger partial charge >= 0.3 is 5.97 Å². The zero-order valence-electron chi connectivity index (χ0n) is 12.1. The molecule has 110 valence electrons. The van der Waals surface area contributed by atoms with E-state index in [2.05, 4.69) is 29.0 Å². The molecule has 1 aromatic heterocycles. The zero-order chi connectivity index (χ0) is 15.1. The third-order valence-corrected chi connectivity index (χ3v) is 3.05. The number of hydrogen-bond donors (Lipinski definition) is 2. The summed E-state index contributed by atoms with van der Waals surface area (Å²) in [5.74, 6) is -1.43. The lowest BCUT2D eigenvalue weighted by molar-refractivity contribution is 0.0690. The molecule has 0 spiro atoms. The largest absolute Gasteiger partial charge is 0.477 e. The molecule has 1 unspecified atom stereocenters. The summed E-state index contributed by atoms with van der Waals surface area (Å²) in [4.78, 5) is 28.8. The topological polar surface area (TPSA) is 82.5 Å². The Kier molecular flexibility index (Phi) is 6.11. The highest BCUT2D eigenvalue weighted by atomic mass is 16.4. The lowest BCUT2D eigenvalue weighted by atomic mass is 10.2.